The number of carbonyl (C=O) groups is 2. The Morgan fingerprint density at radius 3 is 2.40 bits per heavy atom. The second kappa shape index (κ2) is 12.4. The standard InChI is InChI=1S/C34H23ClF6N4O3/c1-42-31-23-13-26(44-32(46)17-9-18(34(39,40)41)11-20(37)10-17)28-29(27(23)25(38)14-43-31)33(47)45(15-16-3-6-21(48-2)7-4-16)30(28)22-12-19(36)5-8-24(22)35/h3-14,30H,15H2,1-2H3,(H,42,43)(H,44,46). The summed E-state index contributed by atoms with van der Waals surface area (Å²) in [4.78, 5) is 33.3. The van der Waals surface area contributed by atoms with Crippen molar-refractivity contribution in [2.45, 2.75) is 18.8 Å². The third-order valence-corrected chi connectivity index (χ3v) is 8.31. The number of halogens is 7. The maximum Gasteiger partial charge on any atom is 0.416 e. The summed E-state index contributed by atoms with van der Waals surface area (Å²) >= 11 is 6.58. The molecule has 1 unspecified atom stereocenters. The lowest BCUT2D eigenvalue weighted by molar-refractivity contribution is -0.137. The Labute approximate surface area is 274 Å². The van der Waals surface area contributed by atoms with Gasteiger partial charge in [-0.3, -0.25) is 9.59 Å². The van der Waals surface area contributed by atoms with Crippen LogP contribution in [0.1, 0.15) is 49.0 Å². The molecule has 2 heterocycles. The van der Waals surface area contributed by atoms with Gasteiger partial charge in [0.25, 0.3) is 11.8 Å². The molecule has 2 amide bonds. The Morgan fingerprint density at radius 1 is 1.00 bits per heavy atom. The van der Waals surface area contributed by atoms with E-state index in [9.17, 15) is 31.5 Å². The van der Waals surface area contributed by atoms with E-state index >= 15 is 4.39 Å². The molecular weight excluding hydrogens is 662 g/mol. The normalized spacial score (nSPS) is 14.3. The molecule has 246 valence electrons. The van der Waals surface area contributed by atoms with Crippen LogP contribution in [0.2, 0.25) is 5.02 Å². The number of hydrogen-bond donors (Lipinski definition) is 2. The van der Waals surface area contributed by atoms with Gasteiger partial charge in [0, 0.05) is 51.8 Å². The van der Waals surface area contributed by atoms with Crippen molar-refractivity contribution < 1.29 is 40.7 Å². The Kier molecular flexibility index (Phi) is 8.42. The van der Waals surface area contributed by atoms with Gasteiger partial charge >= 0.3 is 6.18 Å². The monoisotopic (exact) mass is 684 g/mol. The molecule has 4 aromatic carbocycles. The lowest BCUT2D eigenvalue weighted by atomic mass is 9.92. The molecule has 2 N–H and O–H groups in total. The first-order chi connectivity index (χ1) is 22.8. The van der Waals surface area contributed by atoms with Gasteiger partial charge in [-0.2, -0.15) is 13.2 Å². The van der Waals surface area contributed by atoms with Crippen molar-refractivity contribution >= 4 is 45.7 Å². The highest BCUT2D eigenvalue weighted by atomic mass is 35.5. The van der Waals surface area contributed by atoms with E-state index in [1.807, 2.05) is 0 Å². The predicted octanol–water partition coefficient (Wildman–Crippen LogP) is 8.37. The van der Waals surface area contributed by atoms with Gasteiger partial charge < -0.3 is 20.3 Å². The molecule has 6 rings (SSSR count). The van der Waals surface area contributed by atoms with Gasteiger partial charge in [-0.05, 0) is 60.2 Å². The fourth-order valence-electron chi connectivity index (χ4n) is 5.83. The highest BCUT2D eigenvalue weighted by Crippen LogP contribution is 2.49. The number of nitrogens with zero attached hydrogens (tertiary/aromatic N) is 2. The minimum absolute atomic E-state index is 0.0125. The van der Waals surface area contributed by atoms with Gasteiger partial charge in [0.05, 0.1) is 30.5 Å². The van der Waals surface area contributed by atoms with Gasteiger partial charge in [0.2, 0.25) is 0 Å². The zero-order valence-corrected chi connectivity index (χ0v) is 25.7. The van der Waals surface area contributed by atoms with Crippen LogP contribution in [0.3, 0.4) is 0 Å². The molecule has 0 saturated carbocycles. The molecule has 48 heavy (non-hydrogen) atoms. The number of ether oxygens (including phenoxy) is 1. The Bertz CT molecular complexity index is 2110. The molecule has 5 aromatic rings. The van der Waals surface area contributed by atoms with E-state index in [1.165, 1.54) is 31.2 Å². The SMILES string of the molecule is CNc1ncc(F)c2c3c(c(NC(=O)c4cc(F)cc(C(F)(F)F)c4)cc12)C(c1cc(F)ccc1Cl)N(Cc1ccc(OC)cc1)C3=O. The highest BCUT2D eigenvalue weighted by molar-refractivity contribution is 6.31. The lowest BCUT2D eigenvalue weighted by Crippen LogP contribution is -2.29. The van der Waals surface area contributed by atoms with Gasteiger partial charge in [0.1, 0.15) is 29.0 Å². The molecule has 0 bridgehead atoms. The molecule has 1 atom stereocenters. The van der Waals surface area contributed by atoms with Gasteiger partial charge in [-0.15, -0.1) is 0 Å². The minimum Gasteiger partial charge on any atom is -0.497 e. The number of carbonyl (C=O) groups excluding carboxylic acids is 2. The Morgan fingerprint density at radius 2 is 1.73 bits per heavy atom. The van der Waals surface area contributed by atoms with Crippen molar-refractivity contribution in [3.63, 3.8) is 0 Å². The Balaban J connectivity index is 1.61. The van der Waals surface area contributed by atoms with Crippen molar-refractivity contribution in [2.24, 2.45) is 0 Å². The first-order valence-corrected chi connectivity index (χ1v) is 14.6. The van der Waals surface area contributed by atoms with E-state index in [4.69, 9.17) is 16.3 Å². The van der Waals surface area contributed by atoms with E-state index < -0.39 is 52.6 Å². The fourth-order valence-corrected chi connectivity index (χ4v) is 6.05. The van der Waals surface area contributed by atoms with Crippen molar-refractivity contribution in [1.82, 2.24) is 9.88 Å². The average Bonchev–Trinajstić information content (AvgIpc) is 3.33. The van der Waals surface area contributed by atoms with Crippen LogP contribution in [0.4, 0.5) is 37.8 Å². The number of anilines is 2. The number of amides is 2. The number of fused-ring (bicyclic) bond motifs is 3. The van der Waals surface area contributed by atoms with Crippen LogP contribution >= 0.6 is 11.6 Å². The van der Waals surface area contributed by atoms with Crippen LogP contribution in [-0.4, -0.2) is 35.9 Å². The predicted molar refractivity (Wildman–Crippen MR) is 167 cm³/mol. The zero-order valence-electron chi connectivity index (χ0n) is 25.0. The Hall–Kier alpha value is -5.30. The maximum atomic E-state index is 15.7. The molecular formula is C34H23ClF6N4O3. The largest absolute Gasteiger partial charge is 0.497 e. The smallest absolute Gasteiger partial charge is 0.416 e. The number of rotatable bonds is 7. The van der Waals surface area contributed by atoms with E-state index in [1.54, 1.807) is 24.3 Å². The maximum absolute atomic E-state index is 15.7. The summed E-state index contributed by atoms with van der Waals surface area (Å²) in [6.45, 7) is -0.103. The summed E-state index contributed by atoms with van der Waals surface area (Å²) in [5.74, 6) is -4.15. The molecule has 7 nitrogen and oxygen atoms in total. The second-order valence-corrected chi connectivity index (χ2v) is 11.3. The topological polar surface area (TPSA) is 83.6 Å². The first kappa shape index (κ1) is 32.6. The molecule has 0 spiro atoms. The summed E-state index contributed by atoms with van der Waals surface area (Å²) in [6.07, 6.45) is -4.05. The van der Waals surface area contributed by atoms with Gasteiger partial charge in [0.15, 0.2) is 0 Å². The van der Waals surface area contributed by atoms with Gasteiger partial charge in [-0.1, -0.05) is 23.7 Å². The molecule has 0 saturated heterocycles. The zero-order chi connectivity index (χ0) is 34.5. The molecule has 1 aliphatic rings. The van der Waals surface area contributed by atoms with Crippen LogP contribution in [-0.2, 0) is 12.7 Å². The van der Waals surface area contributed by atoms with Crippen LogP contribution in [0.25, 0.3) is 10.8 Å². The lowest BCUT2D eigenvalue weighted by Gasteiger charge is -2.28. The molecule has 1 aromatic heterocycles. The molecule has 14 heteroatoms. The quantitative estimate of drug-likeness (QED) is 0.168. The summed E-state index contributed by atoms with van der Waals surface area (Å²) in [7, 11) is 2.97. The summed E-state index contributed by atoms with van der Waals surface area (Å²) in [5, 5.41) is 5.20. The first-order valence-electron chi connectivity index (χ1n) is 14.2. The molecule has 1 aliphatic heterocycles. The third-order valence-electron chi connectivity index (χ3n) is 7.97. The van der Waals surface area contributed by atoms with E-state index in [2.05, 4.69) is 15.6 Å². The fraction of sp³-hybridized carbons (Fsp3) is 0.147. The highest BCUT2D eigenvalue weighted by Gasteiger charge is 2.43. The summed E-state index contributed by atoms with van der Waals surface area (Å²) < 4.78 is 90.5. The molecule has 0 fully saturated rings. The van der Waals surface area contributed by atoms with E-state index in [-0.39, 0.29) is 56.6 Å². The van der Waals surface area contributed by atoms with Crippen molar-refractivity contribution in [3.05, 3.63) is 129 Å². The number of alkyl halides is 3. The van der Waals surface area contributed by atoms with Crippen molar-refractivity contribution in [3.8, 4) is 5.75 Å². The van der Waals surface area contributed by atoms with Crippen LogP contribution in [0.5, 0.6) is 5.75 Å². The van der Waals surface area contributed by atoms with Crippen LogP contribution in [0, 0.1) is 17.5 Å². The minimum atomic E-state index is -4.96. The van der Waals surface area contributed by atoms with Crippen molar-refractivity contribution in [1.29, 1.82) is 0 Å². The molecule has 0 aliphatic carbocycles. The van der Waals surface area contributed by atoms with Crippen LogP contribution in [0.15, 0.2) is 72.9 Å². The summed E-state index contributed by atoms with van der Waals surface area (Å²) in [5.41, 5.74) is -1.77. The number of benzene rings is 4. The summed E-state index contributed by atoms with van der Waals surface area (Å²) in [6, 6.07) is 11.6. The number of nitrogens with one attached hydrogen (secondary N) is 2. The number of hydrogen-bond acceptors (Lipinski definition) is 5. The second-order valence-electron chi connectivity index (χ2n) is 10.9. The van der Waals surface area contributed by atoms with Crippen LogP contribution < -0.4 is 15.4 Å². The molecule has 0 radical (unpaired) electrons. The van der Waals surface area contributed by atoms with Crippen molar-refractivity contribution in [2.75, 3.05) is 24.8 Å². The van der Waals surface area contributed by atoms with E-state index in [0.29, 0.717) is 23.4 Å². The number of pyridine rings is 1. The van der Waals surface area contributed by atoms with Gasteiger partial charge in [-0.25, -0.2) is 18.2 Å². The number of aromatic nitrogens is 1. The third kappa shape index (κ3) is 5.85. The average molecular weight is 685 g/mol. The number of methoxy groups -OCH3 is 1. The van der Waals surface area contributed by atoms with E-state index in [0.717, 1.165) is 18.3 Å².